The minimum Gasteiger partial charge on any atom is -0.465 e. The van der Waals surface area contributed by atoms with Gasteiger partial charge in [-0.05, 0) is 14.1 Å². The molecule has 2 N–H and O–H groups in total. The van der Waals surface area contributed by atoms with Gasteiger partial charge in [-0.25, -0.2) is 4.79 Å². The minimum absolute atomic E-state index is 0.406. The maximum absolute atomic E-state index is 10.6. The molecule has 0 radical (unpaired) electrons. The first-order chi connectivity index (χ1) is 6.51. The van der Waals surface area contributed by atoms with E-state index in [1.54, 1.807) is 19.0 Å². The quantitative estimate of drug-likeness (QED) is 0.565. The van der Waals surface area contributed by atoms with Crippen molar-refractivity contribution in [1.29, 1.82) is 0 Å². The lowest BCUT2D eigenvalue weighted by atomic mass is 10.1. The van der Waals surface area contributed by atoms with Crippen molar-refractivity contribution in [3.8, 4) is 0 Å². The summed E-state index contributed by atoms with van der Waals surface area (Å²) in [7, 11) is 4.94. The SMILES string of the molecule is CO[C@@H](C=O)[C@@H](CN(C)C)NC(=O)O. The second-order valence-corrected chi connectivity index (χ2v) is 3.15. The van der Waals surface area contributed by atoms with Gasteiger partial charge in [0.1, 0.15) is 6.10 Å². The number of nitrogens with one attached hydrogen (secondary N) is 1. The first kappa shape index (κ1) is 12.9. The van der Waals surface area contributed by atoms with Gasteiger partial charge in [0.2, 0.25) is 0 Å². The zero-order valence-electron chi connectivity index (χ0n) is 8.56. The summed E-state index contributed by atoms with van der Waals surface area (Å²) in [5.74, 6) is 0. The number of ether oxygens (including phenoxy) is 1. The Balaban J connectivity index is 4.35. The van der Waals surface area contributed by atoms with Crippen LogP contribution in [0.5, 0.6) is 0 Å². The van der Waals surface area contributed by atoms with Crippen LogP contribution in [0, 0.1) is 0 Å². The van der Waals surface area contributed by atoms with E-state index in [9.17, 15) is 9.59 Å². The van der Waals surface area contributed by atoms with Crippen LogP contribution in [0.3, 0.4) is 0 Å². The summed E-state index contributed by atoms with van der Waals surface area (Å²) < 4.78 is 4.84. The molecule has 0 aliphatic heterocycles. The fourth-order valence-corrected chi connectivity index (χ4v) is 1.10. The van der Waals surface area contributed by atoms with Gasteiger partial charge < -0.3 is 24.9 Å². The molecule has 14 heavy (non-hydrogen) atoms. The number of aldehydes is 1. The number of amides is 1. The molecule has 0 aromatic rings. The number of hydrogen-bond acceptors (Lipinski definition) is 4. The molecule has 0 rings (SSSR count). The summed E-state index contributed by atoms with van der Waals surface area (Å²) in [6.07, 6.45) is -1.33. The van der Waals surface area contributed by atoms with Crippen LogP contribution in [-0.2, 0) is 9.53 Å². The number of hydrogen-bond donors (Lipinski definition) is 2. The first-order valence-electron chi connectivity index (χ1n) is 4.13. The monoisotopic (exact) mass is 204 g/mol. The highest BCUT2D eigenvalue weighted by Gasteiger charge is 2.22. The number of nitrogens with zero attached hydrogens (tertiary/aromatic N) is 1. The Morgan fingerprint density at radius 2 is 2.21 bits per heavy atom. The second kappa shape index (κ2) is 6.33. The van der Waals surface area contributed by atoms with Gasteiger partial charge >= 0.3 is 6.09 Å². The number of methoxy groups -OCH3 is 1. The maximum atomic E-state index is 10.6. The molecule has 2 atom stereocenters. The number of carbonyl (C=O) groups excluding carboxylic acids is 1. The molecule has 0 aliphatic rings. The molecule has 82 valence electrons. The van der Waals surface area contributed by atoms with E-state index in [-0.39, 0.29) is 0 Å². The van der Waals surface area contributed by atoms with Crippen LogP contribution < -0.4 is 5.32 Å². The number of rotatable bonds is 6. The predicted molar refractivity (Wildman–Crippen MR) is 50.4 cm³/mol. The largest absolute Gasteiger partial charge is 0.465 e. The maximum Gasteiger partial charge on any atom is 0.405 e. The zero-order chi connectivity index (χ0) is 11.1. The first-order valence-corrected chi connectivity index (χ1v) is 4.13. The third-order valence-corrected chi connectivity index (χ3v) is 1.67. The molecule has 0 heterocycles. The lowest BCUT2D eigenvalue weighted by Crippen LogP contribution is -2.50. The van der Waals surface area contributed by atoms with Gasteiger partial charge in [0.15, 0.2) is 6.29 Å². The van der Waals surface area contributed by atoms with Crippen molar-refractivity contribution in [3.63, 3.8) is 0 Å². The molecule has 0 aromatic carbocycles. The molecule has 0 bridgehead atoms. The predicted octanol–water partition coefficient (Wildman–Crippen LogP) is -0.602. The second-order valence-electron chi connectivity index (χ2n) is 3.15. The third kappa shape index (κ3) is 4.78. The highest BCUT2D eigenvalue weighted by molar-refractivity contribution is 5.67. The van der Waals surface area contributed by atoms with E-state index in [0.717, 1.165) is 0 Å². The molecule has 1 amide bonds. The van der Waals surface area contributed by atoms with E-state index in [2.05, 4.69) is 5.32 Å². The molecule has 0 aliphatic carbocycles. The van der Waals surface area contributed by atoms with E-state index < -0.39 is 18.2 Å². The lowest BCUT2D eigenvalue weighted by Gasteiger charge is -2.24. The highest BCUT2D eigenvalue weighted by atomic mass is 16.5. The van der Waals surface area contributed by atoms with E-state index in [1.165, 1.54) is 7.11 Å². The standard InChI is InChI=1S/C8H16N2O4/c1-10(2)4-6(9-8(12)13)7(5-11)14-3/h5-7,9H,4H2,1-3H3,(H,12,13)/t6-,7+/m1/s1. The Labute approximate surface area is 82.8 Å². The Kier molecular flexibility index (Phi) is 5.82. The molecule has 0 saturated heterocycles. The fraction of sp³-hybridized carbons (Fsp3) is 0.750. The molecule has 0 aromatic heterocycles. The van der Waals surface area contributed by atoms with Gasteiger partial charge in [0.25, 0.3) is 0 Å². The van der Waals surface area contributed by atoms with Crippen molar-refractivity contribution < 1.29 is 19.4 Å². The van der Waals surface area contributed by atoms with Gasteiger partial charge in [0, 0.05) is 13.7 Å². The van der Waals surface area contributed by atoms with Crippen LogP contribution in [-0.4, -0.2) is 62.3 Å². The van der Waals surface area contributed by atoms with Crippen LogP contribution in [0.2, 0.25) is 0 Å². The van der Waals surface area contributed by atoms with E-state index in [0.29, 0.717) is 12.8 Å². The zero-order valence-corrected chi connectivity index (χ0v) is 8.56. The van der Waals surface area contributed by atoms with Crippen LogP contribution >= 0.6 is 0 Å². The van der Waals surface area contributed by atoms with Crippen molar-refractivity contribution >= 4 is 12.4 Å². The lowest BCUT2D eigenvalue weighted by molar-refractivity contribution is -0.118. The van der Waals surface area contributed by atoms with E-state index in [4.69, 9.17) is 9.84 Å². The summed E-state index contributed by atoms with van der Waals surface area (Å²) in [4.78, 5) is 22.8. The number of carboxylic acid groups (broad SMARTS) is 1. The van der Waals surface area contributed by atoms with Crippen LogP contribution in [0.25, 0.3) is 0 Å². The molecule has 0 unspecified atom stereocenters. The Morgan fingerprint density at radius 3 is 2.50 bits per heavy atom. The third-order valence-electron chi connectivity index (χ3n) is 1.67. The Morgan fingerprint density at radius 1 is 1.64 bits per heavy atom. The Bertz CT molecular complexity index is 196. The topological polar surface area (TPSA) is 78.9 Å². The molecular weight excluding hydrogens is 188 g/mol. The normalized spacial score (nSPS) is 14.9. The fourth-order valence-electron chi connectivity index (χ4n) is 1.10. The van der Waals surface area contributed by atoms with Crippen LogP contribution in [0.15, 0.2) is 0 Å². The number of carbonyl (C=O) groups is 2. The van der Waals surface area contributed by atoms with Gasteiger partial charge in [-0.15, -0.1) is 0 Å². The average Bonchev–Trinajstić information content (AvgIpc) is 2.03. The molecule has 6 heteroatoms. The Hall–Kier alpha value is -1.14. The van der Waals surface area contributed by atoms with Gasteiger partial charge in [-0.2, -0.15) is 0 Å². The molecule has 0 spiro atoms. The van der Waals surface area contributed by atoms with Crippen molar-refractivity contribution in [2.24, 2.45) is 0 Å². The van der Waals surface area contributed by atoms with Crippen LogP contribution in [0.4, 0.5) is 4.79 Å². The summed E-state index contributed by atoms with van der Waals surface area (Å²) in [5, 5.41) is 10.8. The smallest absolute Gasteiger partial charge is 0.405 e. The molecule has 0 fully saturated rings. The average molecular weight is 204 g/mol. The van der Waals surface area contributed by atoms with Crippen molar-refractivity contribution in [2.75, 3.05) is 27.7 Å². The van der Waals surface area contributed by atoms with Gasteiger partial charge in [-0.1, -0.05) is 0 Å². The molecule has 6 nitrogen and oxygen atoms in total. The van der Waals surface area contributed by atoms with Crippen molar-refractivity contribution in [3.05, 3.63) is 0 Å². The van der Waals surface area contributed by atoms with Crippen molar-refractivity contribution in [2.45, 2.75) is 12.1 Å². The molecular formula is C8H16N2O4. The van der Waals surface area contributed by atoms with Crippen LogP contribution in [0.1, 0.15) is 0 Å². The summed E-state index contributed by atoms with van der Waals surface area (Å²) >= 11 is 0. The highest BCUT2D eigenvalue weighted by Crippen LogP contribution is 1.97. The molecule has 0 saturated carbocycles. The van der Waals surface area contributed by atoms with E-state index >= 15 is 0 Å². The van der Waals surface area contributed by atoms with E-state index in [1.807, 2.05) is 0 Å². The summed E-state index contributed by atoms with van der Waals surface area (Å²) in [6, 6.07) is -0.551. The van der Waals surface area contributed by atoms with Crippen molar-refractivity contribution in [1.82, 2.24) is 10.2 Å². The van der Waals surface area contributed by atoms with Gasteiger partial charge in [-0.3, -0.25) is 0 Å². The number of likely N-dealkylation sites (N-methyl/N-ethyl adjacent to an activating group) is 1. The summed E-state index contributed by atoms with van der Waals surface area (Å²) in [5.41, 5.74) is 0. The summed E-state index contributed by atoms with van der Waals surface area (Å²) in [6.45, 7) is 0.406. The minimum atomic E-state index is -1.17. The van der Waals surface area contributed by atoms with Gasteiger partial charge in [0.05, 0.1) is 6.04 Å².